The summed E-state index contributed by atoms with van der Waals surface area (Å²) in [6.45, 7) is 30.7. The number of epoxide rings is 1. The van der Waals surface area contributed by atoms with Crippen molar-refractivity contribution in [3.05, 3.63) is 36.0 Å². The van der Waals surface area contributed by atoms with Gasteiger partial charge in [-0.15, -0.1) is 0 Å². The van der Waals surface area contributed by atoms with Crippen molar-refractivity contribution in [3.63, 3.8) is 0 Å². The summed E-state index contributed by atoms with van der Waals surface area (Å²) in [5.74, 6) is 0.340. The third kappa shape index (κ3) is 14.4. The Hall–Kier alpha value is -1.08. The molecule has 1 N–H and O–H groups in total. The maximum atomic E-state index is 13.7. The summed E-state index contributed by atoms with van der Waals surface area (Å²) in [5.41, 5.74) is 0.165. The highest BCUT2D eigenvalue weighted by Crippen LogP contribution is 2.39. The molecule has 1 fully saturated rings. The standard InChI is InChI=1S/C45H84O7Si2/c1-15-24-36(12)50-45(14)30-29-38(51-53(17-3,18-4)19-5)32-42(47)49-43(35(11)27-28-41(45)46)34(10)26-23-25-33(9)31-40-44(48-40)37(13)39(16-2)52-54(20-6,21-7)22-8/h23,25-28,33,35-41,43-44,46H,15-22,24,29-32H2,1-14H3/b25-23+,28-27+,34-26+/t33-,35+,36?,37-,38-,39+,40-,41+,43-,44-,45-/m1/s1. The van der Waals surface area contributed by atoms with Gasteiger partial charge in [-0.1, -0.05) is 113 Å². The number of rotatable bonds is 22. The molecule has 9 heteroatoms. The van der Waals surface area contributed by atoms with E-state index in [0.717, 1.165) is 49.4 Å². The molecule has 1 saturated heterocycles. The number of hydrogen-bond acceptors (Lipinski definition) is 7. The van der Waals surface area contributed by atoms with E-state index in [2.05, 4.69) is 101 Å². The zero-order chi connectivity index (χ0) is 40.7. The van der Waals surface area contributed by atoms with Crippen molar-refractivity contribution < 1.29 is 33.0 Å². The lowest BCUT2D eigenvalue weighted by atomic mass is 9.88. The van der Waals surface area contributed by atoms with Crippen LogP contribution in [-0.2, 0) is 27.9 Å². The van der Waals surface area contributed by atoms with Gasteiger partial charge in [-0.3, -0.25) is 4.79 Å². The van der Waals surface area contributed by atoms with Gasteiger partial charge in [0.25, 0.3) is 0 Å². The molecule has 0 aromatic heterocycles. The molecule has 7 nitrogen and oxygen atoms in total. The van der Waals surface area contributed by atoms with Crippen molar-refractivity contribution in [2.24, 2.45) is 17.8 Å². The molecular formula is C45H84O7Si2. The minimum atomic E-state index is -2.01. The van der Waals surface area contributed by atoms with E-state index in [1.54, 1.807) is 0 Å². The molecule has 0 spiro atoms. The fourth-order valence-corrected chi connectivity index (χ4v) is 14.6. The average molecular weight is 793 g/mol. The molecule has 2 aliphatic heterocycles. The van der Waals surface area contributed by atoms with Crippen molar-refractivity contribution in [3.8, 4) is 0 Å². The Morgan fingerprint density at radius 1 is 0.981 bits per heavy atom. The molecule has 0 aliphatic carbocycles. The summed E-state index contributed by atoms with van der Waals surface area (Å²) in [6.07, 6.45) is 14.8. The van der Waals surface area contributed by atoms with E-state index in [-0.39, 0.29) is 48.8 Å². The van der Waals surface area contributed by atoms with E-state index >= 15 is 0 Å². The smallest absolute Gasteiger partial charge is 0.308 e. The summed E-state index contributed by atoms with van der Waals surface area (Å²) in [4.78, 5) is 13.7. The van der Waals surface area contributed by atoms with Crippen LogP contribution in [0, 0.1) is 17.8 Å². The van der Waals surface area contributed by atoms with Gasteiger partial charge in [0.1, 0.15) is 12.2 Å². The molecule has 54 heavy (non-hydrogen) atoms. The van der Waals surface area contributed by atoms with Gasteiger partial charge in [0.2, 0.25) is 0 Å². The summed E-state index contributed by atoms with van der Waals surface area (Å²) >= 11 is 0. The maximum absolute atomic E-state index is 13.7. The molecule has 1 unspecified atom stereocenters. The second kappa shape index (κ2) is 23.4. The minimum absolute atomic E-state index is 0.0115. The van der Waals surface area contributed by atoms with E-state index in [1.165, 1.54) is 18.1 Å². The maximum Gasteiger partial charge on any atom is 0.308 e. The van der Waals surface area contributed by atoms with Gasteiger partial charge < -0.3 is 28.2 Å². The van der Waals surface area contributed by atoms with Crippen molar-refractivity contribution >= 4 is 22.6 Å². The van der Waals surface area contributed by atoms with Gasteiger partial charge in [-0.05, 0) is 101 Å². The SMILES string of the molecule is CCCC(C)O[C@]1(C)CC[C@@H](O[Si](CC)(CC)CC)CC(=O)O[C@H](/C(C)=C/C=C/[C@@H](C)C[C@H]2O[C@@H]2[C@H](C)[C@H](CC)O[Si](CC)(CC)CC)[C@@H](C)/C=C/[C@@H]1O. The van der Waals surface area contributed by atoms with Gasteiger partial charge in [0.15, 0.2) is 16.6 Å². The van der Waals surface area contributed by atoms with Gasteiger partial charge in [0, 0.05) is 17.9 Å². The lowest BCUT2D eigenvalue weighted by molar-refractivity contribution is -0.153. The molecule has 0 saturated carbocycles. The molecule has 2 rings (SSSR count). The number of allylic oxidation sites excluding steroid dienone is 3. The molecule has 0 aromatic carbocycles. The van der Waals surface area contributed by atoms with Crippen LogP contribution in [0.1, 0.15) is 142 Å². The van der Waals surface area contributed by atoms with Crippen molar-refractivity contribution in [1.82, 2.24) is 0 Å². The number of esters is 1. The Kier molecular flexibility index (Phi) is 21.2. The van der Waals surface area contributed by atoms with Crippen LogP contribution >= 0.6 is 0 Å². The highest BCUT2D eigenvalue weighted by atomic mass is 28.4. The number of aliphatic hydroxyl groups is 1. The molecule has 11 atom stereocenters. The molecule has 2 heterocycles. The van der Waals surface area contributed by atoms with Crippen molar-refractivity contribution in [2.45, 2.75) is 226 Å². The Morgan fingerprint density at radius 2 is 1.59 bits per heavy atom. The second-order valence-corrected chi connectivity index (χ2v) is 26.6. The van der Waals surface area contributed by atoms with Crippen LogP contribution in [0.3, 0.4) is 0 Å². The Morgan fingerprint density at radius 3 is 2.15 bits per heavy atom. The highest BCUT2D eigenvalue weighted by Gasteiger charge is 2.47. The van der Waals surface area contributed by atoms with Crippen LogP contribution in [0.15, 0.2) is 36.0 Å². The van der Waals surface area contributed by atoms with E-state index in [0.29, 0.717) is 24.7 Å². The first-order valence-corrected chi connectivity index (χ1v) is 27.2. The molecular weight excluding hydrogens is 709 g/mol. The van der Waals surface area contributed by atoms with E-state index < -0.39 is 34.4 Å². The average Bonchev–Trinajstić information content (AvgIpc) is 3.92. The van der Waals surface area contributed by atoms with Crippen LogP contribution in [0.4, 0.5) is 0 Å². The van der Waals surface area contributed by atoms with E-state index in [4.69, 9.17) is 23.1 Å². The number of ether oxygens (including phenoxy) is 3. The zero-order valence-corrected chi connectivity index (χ0v) is 39.2. The lowest BCUT2D eigenvalue weighted by Crippen LogP contribution is -2.46. The predicted octanol–water partition coefficient (Wildman–Crippen LogP) is 11.7. The van der Waals surface area contributed by atoms with Gasteiger partial charge in [0.05, 0.1) is 36.4 Å². The Labute approximate surface area is 334 Å². The lowest BCUT2D eigenvalue weighted by Gasteiger charge is -2.39. The van der Waals surface area contributed by atoms with Gasteiger partial charge in [-0.2, -0.15) is 0 Å². The van der Waals surface area contributed by atoms with Crippen LogP contribution < -0.4 is 0 Å². The van der Waals surface area contributed by atoms with E-state index in [1.807, 2.05) is 26.0 Å². The van der Waals surface area contributed by atoms with E-state index in [9.17, 15) is 9.90 Å². The molecule has 0 bridgehead atoms. The molecule has 0 amide bonds. The Bertz CT molecular complexity index is 1160. The quantitative estimate of drug-likeness (QED) is 0.0384. The van der Waals surface area contributed by atoms with Crippen LogP contribution in [0.5, 0.6) is 0 Å². The molecule has 314 valence electrons. The van der Waals surface area contributed by atoms with Gasteiger partial charge in [-0.25, -0.2) is 0 Å². The molecule has 0 aromatic rings. The fraction of sp³-hybridized carbons (Fsp3) is 0.844. The number of aliphatic hydroxyl groups excluding tert-OH is 1. The third-order valence-electron chi connectivity index (χ3n) is 13.1. The van der Waals surface area contributed by atoms with Crippen molar-refractivity contribution in [1.29, 1.82) is 0 Å². The summed E-state index contributed by atoms with van der Waals surface area (Å²) in [6, 6.07) is 6.52. The largest absolute Gasteiger partial charge is 0.457 e. The summed E-state index contributed by atoms with van der Waals surface area (Å²) in [5, 5.41) is 11.6. The second-order valence-electron chi connectivity index (χ2n) is 17.2. The van der Waals surface area contributed by atoms with Gasteiger partial charge >= 0.3 is 5.97 Å². The summed E-state index contributed by atoms with van der Waals surface area (Å²) in [7, 11) is -3.69. The number of cyclic esters (lactones) is 1. The third-order valence-corrected chi connectivity index (χ3v) is 22.5. The molecule has 2 aliphatic rings. The predicted molar refractivity (Wildman–Crippen MR) is 231 cm³/mol. The monoisotopic (exact) mass is 793 g/mol. The van der Waals surface area contributed by atoms with Crippen LogP contribution in [0.25, 0.3) is 0 Å². The highest BCUT2D eigenvalue weighted by molar-refractivity contribution is 6.74. The number of hydrogen-bond donors (Lipinski definition) is 1. The first-order chi connectivity index (χ1) is 25.5. The first-order valence-electron chi connectivity index (χ1n) is 22.1. The van der Waals surface area contributed by atoms with Crippen LogP contribution in [-0.4, -0.2) is 76.0 Å². The number of carbonyl (C=O) groups is 1. The first kappa shape index (κ1) is 49.1. The normalized spacial score (nSPS) is 30.6. The Balaban J connectivity index is 2.25. The summed E-state index contributed by atoms with van der Waals surface area (Å²) < 4.78 is 33.0. The van der Waals surface area contributed by atoms with Crippen molar-refractivity contribution in [2.75, 3.05) is 0 Å². The topological polar surface area (TPSA) is 86.8 Å². The zero-order valence-electron chi connectivity index (χ0n) is 37.2. The number of carbonyl (C=O) groups excluding carboxylic acids is 1. The minimum Gasteiger partial charge on any atom is -0.457 e. The fourth-order valence-electron chi connectivity index (χ4n) is 8.62. The molecule has 0 radical (unpaired) electrons. The van der Waals surface area contributed by atoms with Crippen LogP contribution in [0.2, 0.25) is 36.3 Å².